The molecule has 0 radical (unpaired) electrons. The van der Waals surface area contributed by atoms with Gasteiger partial charge in [-0.15, -0.1) is 0 Å². The topological polar surface area (TPSA) is 93.1 Å². The lowest BCUT2D eigenvalue weighted by Crippen LogP contribution is -2.31. The van der Waals surface area contributed by atoms with Gasteiger partial charge in [0.2, 0.25) is 0 Å². The molecule has 2 heterocycles. The van der Waals surface area contributed by atoms with Crippen molar-refractivity contribution in [3.8, 4) is 11.5 Å². The second kappa shape index (κ2) is 4.49. The lowest BCUT2D eigenvalue weighted by atomic mass is 9.77. The van der Waals surface area contributed by atoms with E-state index < -0.39 is 17.4 Å². The predicted molar refractivity (Wildman–Crippen MR) is 78.6 cm³/mol. The Morgan fingerprint density at radius 3 is 1.65 bits per heavy atom. The molecule has 23 heavy (non-hydrogen) atoms. The molecule has 0 saturated heterocycles. The summed E-state index contributed by atoms with van der Waals surface area (Å²) in [7, 11) is 0. The molecule has 4 rings (SSSR count). The number of benzene rings is 2. The average Bonchev–Trinajstić information content (AvgIpc) is 3.10. The Morgan fingerprint density at radius 2 is 1.26 bits per heavy atom. The van der Waals surface area contributed by atoms with E-state index in [0.29, 0.717) is 24.7 Å². The fourth-order valence-electron chi connectivity index (χ4n) is 3.23. The molecule has 0 amide bonds. The Morgan fingerprint density at radius 1 is 0.826 bits per heavy atom. The monoisotopic (exact) mass is 312 g/mol. The summed E-state index contributed by atoms with van der Waals surface area (Å²) in [6.45, 7) is 0.586. The first-order valence-electron chi connectivity index (χ1n) is 7.02. The van der Waals surface area contributed by atoms with Gasteiger partial charge >= 0.3 is 11.9 Å². The zero-order valence-electron chi connectivity index (χ0n) is 11.9. The molecule has 0 aromatic heterocycles. The predicted octanol–water partition coefficient (Wildman–Crippen LogP) is 2.15. The molecular formula is C17H12O6. The lowest BCUT2D eigenvalue weighted by molar-refractivity contribution is 0.0686. The fraction of sp³-hybridized carbons (Fsp3) is 0.176. The molecule has 0 fully saturated rings. The van der Waals surface area contributed by atoms with Crippen molar-refractivity contribution in [3.63, 3.8) is 0 Å². The van der Waals surface area contributed by atoms with E-state index >= 15 is 0 Å². The second-order valence-corrected chi connectivity index (χ2v) is 5.69. The zero-order chi connectivity index (χ0) is 16.2. The van der Waals surface area contributed by atoms with Crippen LogP contribution in [0, 0.1) is 0 Å². The molecule has 0 unspecified atom stereocenters. The summed E-state index contributed by atoms with van der Waals surface area (Å²) in [6, 6.07) is 9.40. The standard InChI is InChI=1S/C17H12O6/c18-15(19)9-1-3-13-11(5-9)17(7-22-13)8-23-14-4-2-10(16(20)21)6-12(14)17/h1-6H,7-8H2,(H,18,19)(H,20,21). The largest absolute Gasteiger partial charge is 0.492 e. The van der Waals surface area contributed by atoms with Crippen molar-refractivity contribution in [2.75, 3.05) is 13.2 Å². The molecule has 0 atom stereocenters. The number of ether oxygens (including phenoxy) is 2. The Labute approximate surface area is 130 Å². The molecule has 2 N–H and O–H groups in total. The maximum Gasteiger partial charge on any atom is 0.335 e. The van der Waals surface area contributed by atoms with Gasteiger partial charge < -0.3 is 19.7 Å². The van der Waals surface area contributed by atoms with Crippen LogP contribution >= 0.6 is 0 Å². The lowest BCUT2D eigenvalue weighted by Gasteiger charge is -2.21. The Kier molecular flexibility index (Phi) is 2.66. The van der Waals surface area contributed by atoms with Gasteiger partial charge in [0.05, 0.1) is 16.5 Å². The first-order chi connectivity index (χ1) is 11.0. The van der Waals surface area contributed by atoms with Crippen LogP contribution in [0.3, 0.4) is 0 Å². The molecule has 2 aliphatic rings. The highest BCUT2D eigenvalue weighted by atomic mass is 16.5. The molecule has 116 valence electrons. The molecule has 0 saturated carbocycles. The number of hydrogen-bond acceptors (Lipinski definition) is 4. The van der Waals surface area contributed by atoms with E-state index in [2.05, 4.69) is 0 Å². The summed E-state index contributed by atoms with van der Waals surface area (Å²) in [5.41, 5.74) is 1.10. The SMILES string of the molecule is O=C(O)c1ccc2c(c1)C1(CO2)COc2ccc(C(=O)O)cc21. The van der Waals surface area contributed by atoms with E-state index in [4.69, 9.17) is 9.47 Å². The van der Waals surface area contributed by atoms with Crippen LogP contribution in [0.5, 0.6) is 11.5 Å². The molecule has 2 aromatic carbocycles. The first kappa shape index (κ1) is 13.6. The van der Waals surface area contributed by atoms with Gasteiger partial charge in [0, 0.05) is 11.1 Å². The summed E-state index contributed by atoms with van der Waals surface area (Å²) >= 11 is 0. The van der Waals surface area contributed by atoms with Crippen molar-refractivity contribution < 1.29 is 29.3 Å². The van der Waals surface area contributed by atoms with Crippen LogP contribution in [-0.2, 0) is 5.41 Å². The Hall–Kier alpha value is -3.02. The number of carboxylic acid groups (broad SMARTS) is 2. The summed E-state index contributed by atoms with van der Waals surface area (Å²) in [6.07, 6.45) is 0. The minimum Gasteiger partial charge on any atom is -0.492 e. The van der Waals surface area contributed by atoms with Gasteiger partial charge in [-0.25, -0.2) is 9.59 Å². The second-order valence-electron chi connectivity index (χ2n) is 5.69. The van der Waals surface area contributed by atoms with Crippen molar-refractivity contribution >= 4 is 11.9 Å². The van der Waals surface area contributed by atoms with Crippen molar-refractivity contribution in [2.24, 2.45) is 0 Å². The molecule has 2 aliphatic heterocycles. The van der Waals surface area contributed by atoms with Crippen LogP contribution in [0.15, 0.2) is 36.4 Å². The van der Waals surface area contributed by atoms with Gasteiger partial charge in [0.15, 0.2) is 0 Å². The smallest absolute Gasteiger partial charge is 0.335 e. The third-order valence-corrected chi connectivity index (χ3v) is 4.43. The van der Waals surface area contributed by atoms with Crippen LogP contribution < -0.4 is 9.47 Å². The summed E-state index contributed by atoms with van der Waals surface area (Å²) in [5, 5.41) is 18.4. The molecule has 0 aliphatic carbocycles. The maximum atomic E-state index is 11.2. The van der Waals surface area contributed by atoms with Crippen molar-refractivity contribution in [3.05, 3.63) is 58.7 Å². The maximum absolute atomic E-state index is 11.2. The van der Waals surface area contributed by atoms with Gasteiger partial charge in [-0.2, -0.15) is 0 Å². The van der Waals surface area contributed by atoms with Crippen molar-refractivity contribution in [1.29, 1.82) is 0 Å². The summed E-state index contributed by atoms with van der Waals surface area (Å²) in [5.74, 6) is -0.832. The highest BCUT2D eigenvalue weighted by Gasteiger charge is 2.49. The number of aromatic carboxylic acids is 2. The highest BCUT2D eigenvalue weighted by Crippen LogP contribution is 2.50. The van der Waals surface area contributed by atoms with Crippen molar-refractivity contribution in [2.45, 2.75) is 5.41 Å². The summed E-state index contributed by atoms with van der Waals surface area (Å²) in [4.78, 5) is 22.5. The molecular weight excluding hydrogens is 300 g/mol. The van der Waals surface area contributed by atoms with Gasteiger partial charge in [-0.05, 0) is 36.4 Å². The minimum absolute atomic E-state index is 0.163. The average molecular weight is 312 g/mol. The Balaban J connectivity index is 1.91. The van der Waals surface area contributed by atoms with Crippen LogP contribution in [0.4, 0.5) is 0 Å². The van der Waals surface area contributed by atoms with E-state index in [0.717, 1.165) is 11.1 Å². The Bertz CT molecular complexity index is 783. The van der Waals surface area contributed by atoms with Gasteiger partial charge in [-0.1, -0.05) is 0 Å². The van der Waals surface area contributed by atoms with E-state index in [9.17, 15) is 19.8 Å². The third-order valence-electron chi connectivity index (χ3n) is 4.43. The van der Waals surface area contributed by atoms with Crippen molar-refractivity contribution in [1.82, 2.24) is 0 Å². The number of rotatable bonds is 2. The quantitative estimate of drug-likeness (QED) is 0.882. The molecule has 1 spiro atoms. The third kappa shape index (κ3) is 1.81. The van der Waals surface area contributed by atoms with Gasteiger partial charge in [0.25, 0.3) is 0 Å². The van der Waals surface area contributed by atoms with E-state index in [-0.39, 0.29) is 11.1 Å². The normalized spacial score (nSPS) is 16.3. The fourth-order valence-corrected chi connectivity index (χ4v) is 3.23. The number of fused-ring (bicyclic) bond motifs is 4. The van der Waals surface area contributed by atoms with E-state index in [1.165, 1.54) is 12.1 Å². The van der Waals surface area contributed by atoms with Gasteiger partial charge in [0.1, 0.15) is 24.7 Å². The number of carbonyl (C=O) groups is 2. The van der Waals surface area contributed by atoms with Crippen LogP contribution in [0.25, 0.3) is 0 Å². The first-order valence-corrected chi connectivity index (χ1v) is 7.02. The van der Waals surface area contributed by atoms with Crippen LogP contribution in [0.1, 0.15) is 31.8 Å². The number of carboxylic acids is 2. The minimum atomic E-state index is -1.02. The van der Waals surface area contributed by atoms with E-state index in [1.54, 1.807) is 24.3 Å². The highest BCUT2D eigenvalue weighted by molar-refractivity contribution is 5.89. The zero-order valence-corrected chi connectivity index (χ0v) is 11.9. The molecule has 0 bridgehead atoms. The molecule has 6 nitrogen and oxygen atoms in total. The molecule has 2 aromatic rings. The van der Waals surface area contributed by atoms with Crippen LogP contribution in [-0.4, -0.2) is 35.4 Å². The van der Waals surface area contributed by atoms with Crippen LogP contribution in [0.2, 0.25) is 0 Å². The summed E-state index contributed by atoms with van der Waals surface area (Å²) < 4.78 is 11.4. The molecule has 6 heteroatoms. The van der Waals surface area contributed by atoms with E-state index in [1.807, 2.05) is 0 Å². The van der Waals surface area contributed by atoms with Gasteiger partial charge in [-0.3, -0.25) is 0 Å². The number of hydrogen-bond donors (Lipinski definition) is 2.